The van der Waals surface area contributed by atoms with Crippen molar-refractivity contribution in [1.29, 1.82) is 0 Å². The molecule has 0 rings (SSSR count). The van der Waals surface area contributed by atoms with Crippen LogP contribution in [0.4, 0.5) is 4.79 Å². The van der Waals surface area contributed by atoms with Gasteiger partial charge in [-0.05, 0) is 6.16 Å². The Labute approximate surface area is 87.1 Å². The Kier molecular flexibility index (Phi) is 35.2. The predicted octanol–water partition coefficient (Wildman–Crippen LogP) is -2.95. The molecule has 0 radical (unpaired) electrons. The zero-order chi connectivity index (χ0) is 5.58. The molecule has 0 fully saturated rings. The summed E-state index contributed by atoms with van der Waals surface area (Å²) in [6, 6.07) is 0. The SMILES string of the molecule is O=C([O-])[O-].[O]=[Zn].[Sr+2]. The van der Waals surface area contributed by atoms with E-state index in [1.165, 1.54) is 0 Å². The molecule has 0 heterocycles. The Morgan fingerprint density at radius 1 is 1.29 bits per heavy atom. The van der Waals surface area contributed by atoms with Crippen molar-refractivity contribution in [2.75, 3.05) is 0 Å². The molecule has 0 aliphatic rings. The molecule has 0 aliphatic carbocycles. The summed E-state index contributed by atoms with van der Waals surface area (Å²) in [6.45, 7) is 0. The first-order chi connectivity index (χ1) is 2.73. The van der Waals surface area contributed by atoms with Crippen molar-refractivity contribution < 1.29 is 36.8 Å². The number of rotatable bonds is 0. The van der Waals surface area contributed by atoms with Gasteiger partial charge < -0.3 is 15.0 Å². The van der Waals surface area contributed by atoms with Crippen LogP contribution >= 0.6 is 0 Å². The van der Waals surface area contributed by atoms with Crippen molar-refractivity contribution in [3.63, 3.8) is 0 Å². The van der Waals surface area contributed by atoms with Gasteiger partial charge in [0.15, 0.2) is 0 Å². The van der Waals surface area contributed by atoms with Crippen molar-refractivity contribution >= 4 is 51.6 Å². The molecule has 0 aromatic carbocycles. The maximum absolute atomic E-state index is 8.38. The largest absolute Gasteiger partial charge is 2.00 e. The summed E-state index contributed by atoms with van der Waals surface area (Å²) < 4.78 is 8.38. The first-order valence-electron chi connectivity index (χ1n) is 0.901. The minimum absolute atomic E-state index is 0. The zero-order valence-corrected chi connectivity index (χ0v) is 9.99. The zero-order valence-electron chi connectivity index (χ0n) is 3.55. The molecule has 0 N–H and O–H groups in total. The van der Waals surface area contributed by atoms with Crippen LogP contribution in [-0.2, 0) is 21.8 Å². The second kappa shape index (κ2) is 15.7. The van der Waals surface area contributed by atoms with Gasteiger partial charge in [0.1, 0.15) is 0 Å². The van der Waals surface area contributed by atoms with Crippen molar-refractivity contribution in [2.45, 2.75) is 0 Å². The number of carbonyl (C=O) groups is 1. The van der Waals surface area contributed by atoms with Crippen LogP contribution in [0.25, 0.3) is 0 Å². The average molecular weight is 229 g/mol. The number of carboxylic acid groups (broad SMARTS) is 2. The number of hydrogen-bond acceptors (Lipinski definition) is 4. The van der Waals surface area contributed by atoms with E-state index in [0.717, 1.165) is 0 Å². The number of carbonyl (C=O) groups excluding carboxylic acids is 1. The maximum atomic E-state index is 8.38. The van der Waals surface area contributed by atoms with Crippen LogP contribution in [0.2, 0.25) is 0 Å². The van der Waals surface area contributed by atoms with Crippen LogP contribution in [0, 0.1) is 0 Å². The van der Waals surface area contributed by atoms with Crippen LogP contribution in [0.5, 0.6) is 0 Å². The van der Waals surface area contributed by atoms with E-state index in [1.807, 2.05) is 0 Å². The molecule has 4 nitrogen and oxygen atoms in total. The van der Waals surface area contributed by atoms with E-state index in [1.54, 1.807) is 0 Å². The Balaban J connectivity index is -0.0000000480. The predicted molar refractivity (Wildman–Crippen MR) is 11.8 cm³/mol. The summed E-state index contributed by atoms with van der Waals surface area (Å²) in [4.78, 5) is 8.33. The average Bonchev–Trinajstić information content (AvgIpc) is 1.41. The molecule has 0 spiro atoms. The Morgan fingerprint density at radius 3 is 1.29 bits per heavy atom. The van der Waals surface area contributed by atoms with Gasteiger partial charge in [0.05, 0.1) is 0 Å². The maximum Gasteiger partial charge on any atom is 2.00 e. The molecular formula is CO4SrZn. The molecule has 0 aromatic heterocycles. The van der Waals surface area contributed by atoms with Crippen LogP contribution < -0.4 is 10.2 Å². The summed E-state index contributed by atoms with van der Waals surface area (Å²) in [5.41, 5.74) is 0. The van der Waals surface area contributed by atoms with Gasteiger partial charge >= 0.3 is 67.3 Å². The molecule has 0 aliphatic heterocycles. The molecule has 0 saturated carbocycles. The third kappa shape index (κ3) is 139. The van der Waals surface area contributed by atoms with E-state index in [9.17, 15) is 0 Å². The van der Waals surface area contributed by atoms with Gasteiger partial charge in [0.2, 0.25) is 0 Å². The molecule has 0 aromatic rings. The van der Waals surface area contributed by atoms with E-state index in [0.29, 0.717) is 0 Å². The van der Waals surface area contributed by atoms with E-state index in [2.05, 4.69) is 0 Å². The molecule has 0 amide bonds. The van der Waals surface area contributed by atoms with Crippen LogP contribution in [0.1, 0.15) is 0 Å². The molecule has 0 saturated heterocycles. The fourth-order valence-electron chi connectivity index (χ4n) is 0. The van der Waals surface area contributed by atoms with Gasteiger partial charge in [-0.1, -0.05) is 0 Å². The third-order valence-corrected chi connectivity index (χ3v) is 0. The fourth-order valence-corrected chi connectivity index (χ4v) is 0. The van der Waals surface area contributed by atoms with E-state index < -0.39 is 6.16 Å². The summed E-state index contributed by atoms with van der Waals surface area (Å²) >= 11 is 0.125. The normalized spacial score (nSPS) is 4.29. The van der Waals surface area contributed by atoms with Crippen molar-refractivity contribution in [2.24, 2.45) is 0 Å². The smallest absolute Gasteiger partial charge is 2.00 e. The first-order valence-corrected chi connectivity index (χ1v) is 2.11. The Hall–Kier alpha value is 1.17. The van der Waals surface area contributed by atoms with Gasteiger partial charge in [-0.25, -0.2) is 0 Å². The molecule has 0 bridgehead atoms. The first kappa shape index (κ1) is 15.7. The van der Waals surface area contributed by atoms with Gasteiger partial charge in [0.25, 0.3) is 0 Å². The van der Waals surface area contributed by atoms with Gasteiger partial charge in [-0.2, -0.15) is 0 Å². The minimum Gasteiger partial charge on any atom is 2.00 e. The summed E-state index contributed by atoms with van der Waals surface area (Å²) in [5.74, 6) is 0. The summed E-state index contributed by atoms with van der Waals surface area (Å²) in [5, 5.41) is 16.7. The molecular weight excluding hydrogens is 229 g/mol. The van der Waals surface area contributed by atoms with Crippen molar-refractivity contribution in [1.82, 2.24) is 0 Å². The second-order valence-corrected chi connectivity index (χ2v) is 0.250. The van der Waals surface area contributed by atoms with Crippen LogP contribution in [0.3, 0.4) is 0 Å². The third-order valence-electron chi connectivity index (χ3n) is 0. The van der Waals surface area contributed by atoms with Gasteiger partial charge in [0, 0.05) is 0 Å². The van der Waals surface area contributed by atoms with Gasteiger partial charge in [-0.15, -0.1) is 0 Å². The quantitative estimate of drug-likeness (QED) is 0.416. The molecule has 0 unspecified atom stereocenters. The summed E-state index contributed by atoms with van der Waals surface area (Å²) in [7, 11) is 0. The Morgan fingerprint density at radius 2 is 1.29 bits per heavy atom. The standard InChI is InChI=1S/CH2O3.O.Sr.Zn/c2-1(3)4;;;/h(H2,2,3,4);;;/q;;+2;/p-2. The van der Waals surface area contributed by atoms with E-state index in [4.69, 9.17) is 18.6 Å². The topological polar surface area (TPSA) is 80.3 Å². The van der Waals surface area contributed by atoms with Crippen LogP contribution in [-0.4, -0.2) is 51.6 Å². The van der Waals surface area contributed by atoms with Gasteiger partial charge in [-0.3, -0.25) is 0 Å². The monoisotopic (exact) mass is 228 g/mol. The van der Waals surface area contributed by atoms with Crippen molar-refractivity contribution in [3.05, 3.63) is 0 Å². The van der Waals surface area contributed by atoms with E-state index >= 15 is 0 Å². The molecule has 0 atom stereocenters. The summed E-state index contributed by atoms with van der Waals surface area (Å²) in [6.07, 6.45) is -2.33. The molecule has 32 valence electrons. The second-order valence-electron chi connectivity index (χ2n) is 0.250. The Bertz CT molecular complexity index is 43.0. The van der Waals surface area contributed by atoms with Crippen molar-refractivity contribution in [3.8, 4) is 0 Å². The number of hydrogen-bond donors (Lipinski definition) is 0. The van der Waals surface area contributed by atoms with E-state index in [-0.39, 0.29) is 63.7 Å². The minimum atomic E-state index is -2.33. The molecule has 7 heavy (non-hydrogen) atoms. The van der Waals surface area contributed by atoms with Crippen LogP contribution in [0.15, 0.2) is 0 Å². The fraction of sp³-hybridized carbons (Fsp3) is 0. The molecule has 6 heteroatoms.